The summed E-state index contributed by atoms with van der Waals surface area (Å²) in [5, 5.41) is 12.2. The first kappa shape index (κ1) is 11.3. The van der Waals surface area contributed by atoms with Crippen LogP contribution < -0.4 is 5.32 Å². The summed E-state index contributed by atoms with van der Waals surface area (Å²) in [7, 11) is 0. The number of hydrogen-bond acceptors (Lipinski definition) is 3. The van der Waals surface area contributed by atoms with Crippen LogP contribution in [-0.4, -0.2) is 11.1 Å². The van der Waals surface area contributed by atoms with E-state index in [-0.39, 0.29) is 6.61 Å². The van der Waals surface area contributed by atoms with Gasteiger partial charge in [-0.25, -0.2) is 0 Å². The van der Waals surface area contributed by atoms with Crippen molar-refractivity contribution >= 4 is 0 Å². The van der Waals surface area contributed by atoms with Crippen molar-refractivity contribution in [3.63, 3.8) is 0 Å². The molecule has 0 aliphatic heterocycles. The second kappa shape index (κ2) is 5.83. The van der Waals surface area contributed by atoms with Crippen LogP contribution in [0.1, 0.15) is 38.2 Å². The summed E-state index contributed by atoms with van der Waals surface area (Å²) in [5.41, 5.74) is 0. The average molecular weight is 197 g/mol. The van der Waals surface area contributed by atoms with Crippen molar-refractivity contribution in [2.24, 2.45) is 0 Å². The molecule has 0 unspecified atom stereocenters. The molecule has 0 fully saturated rings. The summed E-state index contributed by atoms with van der Waals surface area (Å²) in [6.07, 6.45) is 2.26. The Hall–Kier alpha value is -0.800. The number of nitrogens with one attached hydrogen (secondary N) is 1. The summed E-state index contributed by atoms with van der Waals surface area (Å²) in [6, 6.07) is 4.27. The molecule has 0 radical (unpaired) electrons. The predicted molar refractivity (Wildman–Crippen MR) is 55.8 cm³/mol. The summed E-state index contributed by atoms with van der Waals surface area (Å²) in [5.74, 6) is 1.52. The molecule has 2 N–H and O–H groups in total. The average Bonchev–Trinajstić information content (AvgIpc) is 2.67. The third-order valence-electron chi connectivity index (χ3n) is 2.42. The molecule has 0 spiro atoms. The summed E-state index contributed by atoms with van der Waals surface area (Å²) >= 11 is 0. The van der Waals surface area contributed by atoms with Gasteiger partial charge in [0.05, 0.1) is 6.54 Å². The lowest BCUT2D eigenvalue weighted by Crippen LogP contribution is -2.26. The highest BCUT2D eigenvalue weighted by Gasteiger charge is 2.04. The number of hydrogen-bond donors (Lipinski definition) is 2. The van der Waals surface area contributed by atoms with E-state index < -0.39 is 0 Å². The maximum absolute atomic E-state index is 8.81. The zero-order valence-electron chi connectivity index (χ0n) is 8.92. The molecule has 0 saturated heterocycles. The van der Waals surface area contributed by atoms with Crippen molar-refractivity contribution in [1.82, 2.24) is 5.32 Å². The van der Waals surface area contributed by atoms with Crippen LogP contribution in [0.15, 0.2) is 16.5 Å². The van der Waals surface area contributed by atoms with Gasteiger partial charge in [-0.2, -0.15) is 0 Å². The number of rotatable bonds is 6. The van der Waals surface area contributed by atoms with Crippen LogP contribution in [0.25, 0.3) is 0 Å². The quantitative estimate of drug-likeness (QED) is 0.733. The fourth-order valence-corrected chi connectivity index (χ4v) is 1.42. The minimum absolute atomic E-state index is 0.0228. The zero-order valence-corrected chi connectivity index (χ0v) is 8.92. The molecule has 0 aliphatic rings. The molecule has 80 valence electrons. The highest BCUT2D eigenvalue weighted by Crippen LogP contribution is 2.08. The van der Waals surface area contributed by atoms with Crippen molar-refractivity contribution in [2.75, 3.05) is 0 Å². The van der Waals surface area contributed by atoms with E-state index in [1.54, 1.807) is 0 Å². The fourth-order valence-electron chi connectivity index (χ4n) is 1.42. The Kier molecular flexibility index (Phi) is 4.70. The topological polar surface area (TPSA) is 45.4 Å². The Balaban J connectivity index is 2.37. The second-order valence-corrected chi connectivity index (χ2v) is 3.42. The van der Waals surface area contributed by atoms with Crippen molar-refractivity contribution in [3.05, 3.63) is 23.7 Å². The van der Waals surface area contributed by atoms with Crippen molar-refractivity contribution in [2.45, 2.75) is 45.9 Å². The maximum atomic E-state index is 8.81. The summed E-state index contributed by atoms with van der Waals surface area (Å²) in [6.45, 7) is 5.06. The van der Waals surface area contributed by atoms with Crippen molar-refractivity contribution < 1.29 is 9.52 Å². The molecule has 0 saturated carbocycles. The Morgan fingerprint density at radius 3 is 2.43 bits per heavy atom. The van der Waals surface area contributed by atoms with Gasteiger partial charge in [0.1, 0.15) is 18.1 Å². The molecule has 1 rings (SSSR count). The predicted octanol–water partition coefficient (Wildman–Crippen LogP) is 2.05. The molecule has 1 heterocycles. The first-order valence-corrected chi connectivity index (χ1v) is 5.22. The highest BCUT2D eigenvalue weighted by atomic mass is 16.4. The molecular formula is C11H19NO2. The summed E-state index contributed by atoms with van der Waals surface area (Å²) in [4.78, 5) is 0. The second-order valence-electron chi connectivity index (χ2n) is 3.42. The normalized spacial score (nSPS) is 11.1. The van der Waals surface area contributed by atoms with Crippen LogP contribution >= 0.6 is 0 Å². The number of aliphatic hydroxyl groups is 1. The first-order valence-electron chi connectivity index (χ1n) is 5.22. The lowest BCUT2D eigenvalue weighted by Gasteiger charge is -2.12. The van der Waals surface area contributed by atoms with E-state index in [9.17, 15) is 0 Å². The van der Waals surface area contributed by atoms with Crippen molar-refractivity contribution in [1.29, 1.82) is 0 Å². The smallest absolute Gasteiger partial charge is 0.129 e. The van der Waals surface area contributed by atoms with Gasteiger partial charge in [0.15, 0.2) is 0 Å². The third kappa shape index (κ3) is 3.16. The molecule has 3 nitrogen and oxygen atoms in total. The molecular weight excluding hydrogens is 178 g/mol. The van der Waals surface area contributed by atoms with Gasteiger partial charge in [0.25, 0.3) is 0 Å². The molecule has 0 bridgehead atoms. The van der Waals surface area contributed by atoms with Gasteiger partial charge in [-0.05, 0) is 25.0 Å². The van der Waals surface area contributed by atoms with Gasteiger partial charge in [0, 0.05) is 6.04 Å². The minimum Gasteiger partial charge on any atom is -0.462 e. The zero-order chi connectivity index (χ0) is 10.4. The van der Waals surface area contributed by atoms with E-state index in [4.69, 9.17) is 9.52 Å². The van der Waals surface area contributed by atoms with Crippen molar-refractivity contribution in [3.8, 4) is 0 Å². The summed E-state index contributed by atoms with van der Waals surface area (Å²) < 4.78 is 5.36. The van der Waals surface area contributed by atoms with Gasteiger partial charge < -0.3 is 14.8 Å². The molecule has 0 aromatic carbocycles. The molecule has 0 amide bonds. The lowest BCUT2D eigenvalue weighted by molar-refractivity contribution is 0.242. The fraction of sp³-hybridized carbons (Fsp3) is 0.636. The Morgan fingerprint density at radius 1 is 1.29 bits per heavy atom. The van der Waals surface area contributed by atoms with Gasteiger partial charge in [0.2, 0.25) is 0 Å². The van der Waals surface area contributed by atoms with Gasteiger partial charge in [-0.15, -0.1) is 0 Å². The van der Waals surface area contributed by atoms with E-state index in [0.717, 1.165) is 25.1 Å². The van der Waals surface area contributed by atoms with Gasteiger partial charge in [-0.1, -0.05) is 13.8 Å². The maximum Gasteiger partial charge on any atom is 0.129 e. The van der Waals surface area contributed by atoms with Crippen LogP contribution in [0.2, 0.25) is 0 Å². The largest absolute Gasteiger partial charge is 0.462 e. The van der Waals surface area contributed by atoms with Crippen LogP contribution in [0.3, 0.4) is 0 Å². The van der Waals surface area contributed by atoms with E-state index in [0.29, 0.717) is 11.8 Å². The Bertz CT molecular complexity index is 254. The number of aliphatic hydroxyl groups excluding tert-OH is 1. The molecule has 14 heavy (non-hydrogen) atoms. The van der Waals surface area contributed by atoms with Crippen LogP contribution in [0.5, 0.6) is 0 Å². The van der Waals surface area contributed by atoms with E-state index in [1.165, 1.54) is 0 Å². The SMILES string of the molecule is CCC(CC)NCc1ccc(CO)o1. The van der Waals surface area contributed by atoms with E-state index in [1.807, 2.05) is 12.1 Å². The van der Waals surface area contributed by atoms with Crippen LogP contribution in [0.4, 0.5) is 0 Å². The van der Waals surface area contributed by atoms with E-state index in [2.05, 4.69) is 19.2 Å². The standard InChI is InChI=1S/C11H19NO2/c1-3-9(4-2)12-7-10-5-6-11(8-13)14-10/h5-6,9,12-13H,3-4,7-8H2,1-2H3. The van der Waals surface area contributed by atoms with E-state index >= 15 is 0 Å². The lowest BCUT2D eigenvalue weighted by atomic mass is 10.2. The molecule has 1 aromatic heterocycles. The molecule has 1 aromatic rings. The van der Waals surface area contributed by atoms with Crippen LogP contribution in [0, 0.1) is 0 Å². The number of furan rings is 1. The van der Waals surface area contributed by atoms with Gasteiger partial charge in [-0.3, -0.25) is 0 Å². The Morgan fingerprint density at radius 2 is 1.93 bits per heavy atom. The molecule has 0 aliphatic carbocycles. The third-order valence-corrected chi connectivity index (χ3v) is 2.42. The highest BCUT2D eigenvalue weighted by molar-refractivity contribution is 5.06. The first-order chi connectivity index (χ1) is 6.80. The molecule has 0 atom stereocenters. The van der Waals surface area contributed by atoms with Gasteiger partial charge >= 0.3 is 0 Å². The van der Waals surface area contributed by atoms with Crippen LogP contribution in [-0.2, 0) is 13.2 Å². The Labute approximate surface area is 85.1 Å². The molecule has 3 heteroatoms. The monoisotopic (exact) mass is 197 g/mol. The minimum atomic E-state index is -0.0228.